The number of quaternary nitrogens is 1. The molecule has 1 aliphatic rings. The van der Waals surface area contributed by atoms with E-state index in [9.17, 15) is 5.11 Å². The Morgan fingerprint density at radius 2 is 1.27 bits per heavy atom. The third-order valence-corrected chi connectivity index (χ3v) is 6.40. The van der Waals surface area contributed by atoms with Crippen LogP contribution in [-0.4, -0.2) is 29.2 Å². The quantitative estimate of drug-likeness (QED) is 0.442. The first kappa shape index (κ1) is 21.4. The van der Waals surface area contributed by atoms with Crippen molar-refractivity contribution in [2.45, 2.75) is 97.1 Å². The van der Waals surface area contributed by atoms with Gasteiger partial charge in [0.2, 0.25) is 0 Å². The summed E-state index contributed by atoms with van der Waals surface area (Å²) in [6, 6.07) is 8.99. The van der Waals surface area contributed by atoms with Gasteiger partial charge in [0.25, 0.3) is 0 Å². The van der Waals surface area contributed by atoms with Crippen LogP contribution in [0.1, 0.15) is 96.1 Å². The minimum atomic E-state index is -0.558. The molecular formula is C24H42NO+. The van der Waals surface area contributed by atoms with Crippen LogP contribution in [0.4, 0.5) is 0 Å². The van der Waals surface area contributed by atoms with Crippen LogP contribution in [0.15, 0.2) is 24.3 Å². The molecule has 26 heavy (non-hydrogen) atoms. The molecule has 1 aliphatic carbocycles. The van der Waals surface area contributed by atoms with Gasteiger partial charge in [-0.25, -0.2) is 0 Å². The summed E-state index contributed by atoms with van der Waals surface area (Å²) in [7, 11) is 0. The Morgan fingerprint density at radius 1 is 0.808 bits per heavy atom. The van der Waals surface area contributed by atoms with Crippen LogP contribution in [0.25, 0.3) is 0 Å². The van der Waals surface area contributed by atoms with Crippen molar-refractivity contribution in [2.24, 2.45) is 0 Å². The number of unbranched alkanes of at least 4 members (excludes halogenated alkanes) is 3. The van der Waals surface area contributed by atoms with E-state index in [0.717, 1.165) is 37.8 Å². The van der Waals surface area contributed by atoms with Crippen LogP contribution in [0.3, 0.4) is 0 Å². The molecule has 2 heteroatoms. The van der Waals surface area contributed by atoms with E-state index < -0.39 is 5.60 Å². The second-order valence-electron chi connectivity index (χ2n) is 8.67. The SMILES string of the molecule is CCCC[N+](CCCC)(CCCC)Cc1ccc(C2(O)CCCC2)cc1. The van der Waals surface area contributed by atoms with E-state index >= 15 is 0 Å². The van der Waals surface area contributed by atoms with Gasteiger partial charge >= 0.3 is 0 Å². The Balaban J connectivity index is 2.14. The third-order valence-electron chi connectivity index (χ3n) is 6.40. The highest BCUT2D eigenvalue weighted by atomic mass is 16.3. The van der Waals surface area contributed by atoms with E-state index in [4.69, 9.17) is 0 Å². The number of aliphatic hydroxyl groups is 1. The molecule has 0 atom stereocenters. The van der Waals surface area contributed by atoms with Crippen molar-refractivity contribution in [1.82, 2.24) is 0 Å². The zero-order valence-corrected chi connectivity index (χ0v) is 17.6. The van der Waals surface area contributed by atoms with Crippen LogP contribution in [0, 0.1) is 0 Å². The van der Waals surface area contributed by atoms with Crippen molar-refractivity contribution in [3.8, 4) is 0 Å². The second kappa shape index (κ2) is 10.5. The smallest absolute Gasteiger partial charge is 0.104 e. The lowest BCUT2D eigenvalue weighted by molar-refractivity contribution is -0.941. The highest BCUT2D eigenvalue weighted by Crippen LogP contribution is 2.38. The van der Waals surface area contributed by atoms with Crippen LogP contribution in [0.5, 0.6) is 0 Å². The summed E-state index contributed by atoms with van der Waals surface area (Å²) in [6.07, 6.45) is 12.0. The van der Waals surface area contributed by atoms with Gasteiger partial charge in [0.1, 0.15) is 6.54 Å². The minimum Gasteiger partial charge on any atom is -0.385 e. The maximum absolute atomic E-state index is 10.8. The maximum Gasteiger partial charge on any atom is 0.104 e. The van der Waals surface area contributed by atoms with Crippen molar-refractivity contribution in [2.75, 3.05) is 19.6 Å². The Kier molecular flexibility index (Phi) is 8.63. The van der Waals surface area contributed by atoms with E-state index in [-0.39, 0.29) is 0 Å². The van der Waals surface area contributed by atoms with Crippen LogP contribution in [-0.2, 0) is 12.1 Å². The Hall–Kier alpha value is -0.860. The van der Waals surface area contributed by atoms with Crippen LogP contribution >= 0.6 is 0 Å². The highest BCUT2D eigenvalue weighted by Gasteiger charge is 2.33. The van der Waals surface area contributed by atoms with Crippen molar-refractivity contribution >= 4 is 0 Å². The van der Waals surface area contributed by atoms with Crippen molar-refractivity contribution in [3.63, 3.8) is 0 Å². The molecular weight excluding hydrogens is 318 g/mol. The largest absolute Gasteiger partial charge is 0.385 e. The number of nitrogens with zero attached hydrogens (tertiary/aromatic N) is 1. The summed E-state index contributed by atoms with van der Waals surface area (Å²) in [4.78, 5) is 0. The normalized spacial score (nSPS) is 16.9. The molecule has 2 nitrogen and oxygen atoms in total. The zero-order chi connectivity index (χ0) is 18.9. The lowest BCUT2D eigenvalue weighted by Crippen LogP contribution is -2.49. The molecule has 0 spiro atoms. The predicted octanol–water partition coefficient (Wildman–Crippen LogP) is 6.17. The molecule has 148 valence electrons. The molecule has 0 radical (unpaired) electrons. The molecule has 1 fully saturated rings. The topological polar surface area (TPSA) is 20.2 Å². The fraction of sp³-hybridized carbons (Fsp3) is 0.750. The van der Waals surface area contributed by atoms with E-state index in [1.54, 1.807) is 0 Å². The lowest BCUT2D eigenvalue weighted by atomic mass is 9.91. The molecule has 1 aromatic rings. The monoisotopic (exact) mass is 360 g/mol. The summed E-state index contributed by atoms with van der Waals surface area (Å²) < 4.78 is 1.25. The van der Waals surface area contributed by atoms with E-state index in [2.05, 4.69) is 45.0 Å². The maximum atomic E-state index is 10.8. The first-order chi connectivity index (χ1) is 12.6. The number of rotatable bonds is 12. The average molecular weight is 361 g/mol. The molecule has 0 unspecified atom stereocenters. The molecule has 0 saturated heterocycles. The standard InChI is InChI=1S/C24H42NO/c1-4-7-18-25(19-8-5-2,20-9-6-3)21-22-12-14-23(15-13-22)24(26)16-10-11-17-24/h12-15,26H,4-11,16-21H2,1-3H3/q+1. The van der Waals surface area contributed by atoms with Gasteiger partial charge in [-0.05, 0) is 37.7 Å². The van der Waals surface area contributed by atoms with E-state index in [0.29, 0.717) is 0 Å². The number of hydrogen-bond acceptors (Lipinski definition) is 1. The number of benzene rings is 1. The fourth-order valence-corrected chi connectivity index (χ4v) is 4.61. The van der Waals surface area contributed by atoms with Crippen molar-refractivity contribution < 1.29 is 9.59 Å². The first-order valence-corrected chi connectivity index (χ1v) is 11.2. The van der Waals surface area contributed by atoms with Gasteiger partial charge in [0.05, 0.1) is 25.2 Å². The minimum absolute atomic E-state index is 0.558. The lowest BCUT2D eigenvalue weighted by Gasteiger charge is -2.39. The number of hydrogen-bond donors (Lipinski definition) is 1. The van der Waals surface area contributed by atoms with Crippen molar-refractivity contribution in [3.05, 3.63) is 35.4 Å². The average Bonchev–Trinajstić information content (AvgIpc) is 3.11. The summed E-state index contributed by atoms with van der Waals surface area (Å²) in [5, 5.41) is 10.8. The van der Waals surface area contributed by atoms with Gasteiger partial charge in [-0.15, -0.1) is 0 Å². The van der Waals surface area contributed by atoms with Gasteiger partial charge in [-0.2, -0.15) is 0 Å². The summed E-state index contributed by atoms with van der Waals surface area (Å²) in [5.41, 5.74) is 2.02. The molecule has 0 amide bonds. The third kappa shape index (κ3) is 5.82. The molecule has 0 heterocycles. The van der Waals surface area contributed by atoms with Gasteiger partial charge in [-0.3, -0.25) is 0 Å². The van der Waals surface area contributed by atoms with Crippen LogP contribution < -0.4 is 0 Å². The molecule has 0 aromatic heterocycles. The fourth-order valence-electron chi connectivity index (χ4n) is 4.61. The molecule has 0 aliphatic heterocycles. The van der Waals surface area contributed by atoms with Crippen molar-refractivity contribution in [1.29, 1.82) is 0 Å². The first-order valence-electron chi connectivity index (χ1n) is 11.2. The molecule has 1 aromatic carbocycles. The zero-order valence-electron chi connectivity index (χ0n) is 17.6. The van der Waals surface area contributed by atoms with Gasteiger partial charge in [0.15, 0.2) is 0 Å². The Bertz CT molecular complexity index is 480. The van der Waals surface area contributed by atoms with E-state index in [1.807, 2.05) is 0 Å². The van der Waals surface area contributed by atoms with Gasteiger partial charge in [0, 0.05) is 5.56 Å². The highest BCUT2D eigenvalue weighted by molar-refractivity contribution is 5.27. The summed E-state index contributed by atoms with van der Waals surface area (Å²) in [5.74, 6) is 0. The Labute approximate surface area is 162 Å². The molecule has 0 bridgehead atoms. The van der Waals surface area contributed by atoms with Gasteiger partial charge in [-0.1, -0.05) is 77.1 Å². The molecule has 1 N–H and O–H groups in total. The van der Waals surface area contributed by atoms with Gasteiger partial charge < -0.3 is 9.59 Å². The molecule has 1 saturated carbocycles. The summed E-state index contributed by atoms with van der Waals surface area (Å²) in [6.45, 7) is 12.0. The molecule has 2 rings (SSSR count). The predicted molar refractivity (Wildman–Crippen MR) is 112 cm³/mol. The second-order valence-corrected chi connectivity index (χ2v) is 8.67. The summed E-state index contributed by atoms with van der Waals surface area (Å²) >= 11 is 0. The van der Waals surface area contributed by atoms with Crippen LogP contribution in [0.2, 0.25) is 0 Å². The van der Waals surface area contributed by atoms with E-state index in [1.165, 1.54) is 68.2 Å². The Morgan fingerprint density at radius 3 is 1.69 bits per heavy atom.